The number of rotatable bonds is 4. The summed E-state index contributed by atoms with van der Waals surface area (Å²) in [6, 6.07) is 3.75. The van der Waals surface area contributed by atoms with Crippen molar-refractivity contribution in [3.63, 3.8) is 0 Å². The van der Waals surface area contributed by atoms with Crippen LogP contribution in [0.4, 0.5) is 5.95 Å². The van der Waals surface area contributed by atoms with Crippen molar-refractivity contribution in [2.75, 3.05) is 18.0 Å². The average Bonchev–Trinajstić information content (AvgIpc) is 2.24. The molecule has 0 unspecified atom stereocenters. The molecule has 1 aromatic heterocycles. The van der Waals surface area contributed by atoms with Crippen LogP contribution in [0.15, 0.2) is 6.07 Å². The zero-order valence-corrected chi connectivity index (χ0v) is 9.49. The van der Waals surface area contributed by atoms with E-state index in [2.05, 4.69) is 34.8 Å². The summed E-state index contributed by atoms with van der Waals surface area (Å²) in [4.78, 5) is 10.6. The van der Waals surface area contributed by atoms with Gasteiger partial charge in [-0.2, -0.15) is 5.26 Å². The van der Waals surface area contributed by atoms with Crippen LogP contribution in [0.2, 0.25) is 0 Å². The smallest absolute Gasteiger partial charge is 0.226 e. The third-order valence-electron chi connectivity index (χ3n) is 2.12. The van der Waals surface area contributed by atoms with Gasteiger partial charge in [-0.15, -0.1) is 0 Å². The lowest BCUT2D eigenvalue weighted by Crippen LogP contribution is -2.26. The number of nitrogens with zero attached hydrogens (tertiary/aromatic N) is 4. The van der Waals surface area contributed by atoms with Crippen LogP contribution in [0, 0.1) is 18.3 Å². The maximum absolute atomic E-state index is 8.81. The van der Waals surface area contributed by atoms with Gasteiger partial charge < -0.3 is 4.90 Å². The van der Waals surface area contributed by atoms with Crippen LogP contribution in [0.5, 0.6) is 0 Å². The average molecular weight is 204 g/mol. The van der Waals surface area contributed by atoms with Gasteiger partial charge in [0.2, 0.25) is 5.95 Å². The molecule has 0 aromatic carbocycles. The van der Waals surface area contributed by atoms with E-state index in [1.54, 1.807) is 6.07 Å². The second-order valence-electron chi connectivity index (χ2n) is 3.39. The zero-order valence-electron chi connectivity index (χ0n) is 9.49. The predicted octanol–water partition coefficient (Wildman–Crippen LogP) is 1.89. The lowest BCUT2D eigenvalue weighted by molar-refractivity contribution is 0.758. The first-order valence-electron chi connectivity index (χ1n) is 5.22. The van der Waals surface area contributed by atoms with Gasteiger partial charge in [0, 0.05) is 18.8 Å². The zero-order chi connectivity index (χ0) is 11.3. The minimum atomic E-state index is 0.437. The van der Waals surface area contributed by atoms with E-state index < -0.39 is 0 Å². The Bertz CT molecular complexity index is 367. The third kappa shape index (κ3) is 2.91. The Morgan fingerprint density at radius 1 is 1.40 bits per heavy atom. The minimum Gasteiger partial charge on any atom is -0.341 e. The standard InChI is InChI=1S/C11H16N4/c1-4-6-15(5-2)11-13-9(3)7-10(8-12)14-11/h7H,4-6H2,1-3H3. The summed E-state index contributed by atoms with van der Waals surface area (Å²) in [6.45, 7) is 7.84. The summed E-state index contributed by atoms with van der Waals surface area (Å²) in [6.07, 6.45) is 1.05. The van der Waals surface area contributed by atoms with Crippen molar-refractivity contribution in [1.29, 1.82) is 5.26 Å². The summed E-state index contributed by atoms with van der Waals surface area (Å²) in [7, 11) is 0. The molecule has 1 heterocycles. The second-order valence-corrected chi connectivity index (χ2v) is 3.39. The Balaban J connectivity index is 3.02. The highest BCUT2D eigenvalue weighted by Gasteiger charge is 2.08. The SMILES string of the molecule is CCCN(CC)c1nc(C)cc(C#N)n1. The van der Waals surface area contributed by atoms with Crippen LogP contribution < -0.4 is 4.90 Å². The Hall–Kier alpha value is -1.63. The van der Waals surface area contributed by atoms with Gasteiger partial charge in [-0.1, -0.05) is 6.92 Å². The molecule has 0 aliphatic carbocycles. The molecular weight excluding hydrogens is 188 g/mol. The Morgan fingerprint density at radius 2 is 2.13 bits per heavy atom. The van der Waals surface area contributed by atoms with Crippen LogP contribution in [0.3, 0.4) is 0 Å². The van der Waals surface area contributed by atoms with Crippen LogP contribution in [0.25, 0.3) is 0 Å². The molecule has 0 amide bonds. The lowest BCUT2D eigenvalue weighted by atomic mass is 10.3. The minimum absolute atomic E-state index is 0.437. The highest BCUT2D eigenvalue weighted by atomic mass is 15.2. The Kier molecular flexibility index (Phi) is 4.04. The molecule has 1 aromatic rings. The first-order valence-corrected chi connectivity index (χ1v) is 5.22. The van der Waals surface area contributed by atoms with Crippen LogP contribution in [-0.2, 0) is 0 Å². The first-order chi connectivity index (χ1) is 7.21. The van der Waals surface area contributed by atoms with Gasteiger partial charge in [0.1, 0.15) is 11.8 Å². The van der Waals surface area contributed by atoms with E-state index in [-0.39, 0.29) is 0 Å². The molecule has 0 aliphatic rings. The molecule has 0 atom stereocenters. The molecule has 0 spiro atoms. The molecule has 4 heteroatoms. The Labute approximate surface area is 90.6 Å². The van der Waals surface area contributed by atoms with E-state index >= 15 is 0 Å². The van der Waals surface area contributed by atoms with E-state index in [1.807, 2.05) is 6.92 Å². The summed E-state index contributed by atoms with van der Waals surface area (Å²) < 4.78 is 0. The largest absolute Gasteiger partial charge is 0.341 e. The van der Waals surface area contributed by atoms with Gasteiger partial charge >= 0.3 is 0 Å². The lowest BCUT2D eigenvalue weighted by Gasteiger charge is -2.20. The molecule has 0 N–H and O–H groups in total. The number of nitriles is 1. The number of hydrogen-bond donors (Lipinski definition) is 0. The van der Waals surface area contributed by atoms with Gasteiger partial charge in [0.05, 0.1) is 0 Å². The van der Waals surface area contributed by atoms with Crippen molar-refractivity contribution in [2.45, 2.75) is 27.2 Å². The monoisotopic (exact) mass is 204 g/mol. The van der Waals surface area contributed by atoms with Crippen LogP contribution in [0.1, 0.15) is 31.7 Å². The predicted molar refractivity (Wildman–Crippen MR) is 59.7 cm³/mol. The fraction of sp³-hybridized carbons (Fsp3) is 0.545. The van der Waals surface area contributed by atoms with E-state index in [0.29, 0.717) is 11.6 Å². The molecular formula is C11H16N4. The quantitative estimate of drug-likeness (QED) is 0.751. The highest BCUT2D eigenvalue weighted by Crippen LogP contribution is 2.09. The number of anilines is 1. The van der Waals surface area contributed by atoms with Crippen molar-refractivity contribution in [3.8, 4) is 6.07 Å². The molecule has 0 bridgehead atoms. The molecule has 15 heavy (non-hydrogen) atoms. The van der Waals surface area contributed by atoms with Gasteiger partial charge in [0.25, 0.3) is 0 Å². The normalized spacial score (nSPS) is 9.73. The summed E-state index contributed by atoms with van der Waals surface area (Å²) in [5.74, 6) is 0.663. The Morgan fingerprint density at radius 3 is 2.67 bits per heavy atom. The van der Waals surface area contributed by atoms with Gasteiger partial charge in [0.15, 0.2) is 0 Å². The van der Waals surface area contributed by atoms with Crippen molar-refractivity contribution < 1.29 is 0 Å². The molecule has 0 aliphatic heterocycles. The maximum Gasteiger partial charge on any atom is 0.226 e. The van der Waals surface area contributed by atoms with E-state index in [4.69, 9.17) is 5.26 Å². The van der Waals surface area contributed by atoms with Crippen LogP contribution >= 0.6 is 0 Å². The number of hydrogen-bond acceptors (Lipinski definition) is 4. The first kappa shape index (κ1) is 11.4. The molecule has 4 nitrogen and oxygen atoms in total. The molecule has 0 radical (unpaired) electrons. The molecule has 80 valence electrons. The second kappa shape index (κ2) is 5.30. The van der Waals surface area contributed by atoms with Gasteiger partial charge in [-0.25, -0.2) is 9.97 Å². The van der Waals surface area contributed by atoms with Crippen molar-refractivity contribution in [2.24, 2.45) is 0 Å². The van der Waals surface area contributed by atoms with E-state index in [1.165, 1.54) is 0 Å². The van der Waals surface area contributed by atoms with Crippen molar-refractivity contribution in [3.05, 3.63) is 17.5 Å². The van der Waals surface area contributed by atoms with E-state index in [0.717, 1.165) is 25.2 Å². The van der Waals surface area contributed by atoms with Gasteiger partial charge in [-0.3, -0.25) is 0 Å². The molecule has 0 fully saturated rings. The van der Waals surface area contributed by atoms with Crippen molar-refractivity contribution in [1.82, 2.24) is 9.97 Å². The fourth-order valence-electron chi connectivity index (χ4n) is 1.42. The van der Waals surface area contributed by atoms with Crippen LogP contribution in [-0.4, -0.2) is 23.1 Å². The molecule has 1 rings (SSSR count). The van der Waals surface area contributed by atoms with Gasteiger partial charge in [-0.05, 0) is 26.3 Å². The summed E-state index contributed by atoms with van der Waals surface area (Å²) in [5, 5.41) is 8.81. The third-order valence-corrected chi connectivity index (χ3v) is 2.12. The fourth-order valence-corrected chi connectivity index (χ4v) is 1.42. The van der Waals surface area contributed by atoms with E-state index in [9.17, 15) is 0 Å². The summed E-state index contributed by atoms with van der Waals surface area (Å²) in [5.41, 5.74) is 1.28. The molecule has 0 saturated heterocycles. The highest BCUT2D eigenvalue weighted by molar-refractivity contribution is 5.35. The van der Waals surface area contributed by atoms with Crippen molar-refractivity contribution >= 4 is 5.95 Å². The number of aryl methyl sites for hydroxylation is 1. The molecule has 0 saturated carbocycles. The maximum atomic E-state index is 8.81. The topological polar surface area (TPSA) is 52.8 Å². The summed E-state index contributed by atoms with van der Waals surface area (Å²) >= 11 is 0. The number of aromatic nitrogens is 2.